The van der Waals surface area contributed by atoms with Crippen molar-refractivity contribution in [3.63, 3.8) is 0 Å². The average molecular weight is 969 g/mol. The molecule has 2 N–H and O–H groups in total. The molecule has 0 aliphatic carbocycles. The van der Waals surface area contributed by atoms with Crippen molar-refractivity contribution in [2.45, 2.75) is 62.2 Å². The highest BCUT2D eigenvalue weighted by Gasteiger charge is 2.39. The lowest BCUT2D eigenvalue weighted by molar-refractivity contribution is 0.150. The molecular weight excluding hydrogens is 901 g/mol. The summed E-state index contributed by atoms with van der Waals surface area (Å²) < 4.78 is 12.2. The number of hydrogen-bond acceptors (Lipinski definition) is 8. The zero-order chi connectivity index (χ0) is 49.3. The highest BCUT2D eigenvalue weighted by molar-refractivity contribution is 5.84. The van der Waals surface area contributed by atoms with E-state index in [9.17, 15) is 10.5 Å². The summed E-state index contributed by atoms with van der Waals surface area (Å²) in [4.78, 5) is 14.1. The summed E-state index contributed by atoms with van der Waals surface area (Å²) >= 11 is 0. The van der Waals surface area contributed by atoms with E-state index in [1.165, 1.54) is 12.8 Å². The molecule has 0 radical (unpaired) electrons. The molecule has 8 aromatic rings. The van der Waals surface area contributed by atoms with Crippen molar-refractivity contribution in [1.29, 1.82) is 10.5 Å². The fourth-order valence-electron chi connectivity index (χ4n) is 11.3. The number of benzene rings is 6. The van der Waals surface area contributed by atoms with Gasteiger partial charge in [-0.1, -0.05) is 158 Å². The molecule has 2 aromatic heterocycles. The zero-order valence-corrected chi connectivity index (χ0v) is 41.9. The number of piperidine rings is 2. The Morgan fingerprint density at radius 1 is 0.466 bits per heavy atom. The molecule has 372 valence electrons. The van der Waals surface area contributed by atoms with Crippen LogP contribution in [0, 0.1) is 34.5 Å². The first-order valence-electron chi connectivity index (χ1n) is 26.0. The average Bonchev–Trinajstić information content (AvgIpc) is 3.45. The van der Waals surface area contributed by atoms with Crippen LogP contribution in [0.25, 0.3) is 21.8 Å². The number of fused-ring (bicyclic) bond motifs is 2. The summed E-state index contributed by atoms with van der Waals surface area (Å²) in [7, 11) is 0. The first-order chi connectivity index (χ1) is 35.6. The Morgan fingerprint density at radius 3 is 1.18 bits per heavy atom. The van der Waals surface area contributed by atoms with Crippen LogP contribution in [-0.2, 0) is 10.8 Å². The lowest BCUT2D eigenvalue weighted by Crippen LogP contribution is -2.40. The second kappa shape index (κ2) is 25.8. The second-order valence-corrected chi connectivity index (χ2v) is 19.6. The van der Waals surface area contributed by atoms with Crippen LogP contribution in [0.4, 0.5) is 0 Å². The first-order valence-corrected chi connectivity index (χ1v) is 26.0. The van der Waals surface area contributed by atoms with E-state index in [0.29, 0.717) is 25.0 Å². The van der Waals surface area contributed by atoms with E-state index in [-0.39, 0.29) is 5.48 Å². The van der Waals surface area contributed by atoms with Crippen LogP contribution >= 0.6 is 0 Å². The Labute approximate surface area is 432 Å². The minimum absolute atomic E-state index is 0. The van der Waals surface area contributed by atoms with Gasteiger partial charge in [0.15, 0.2) is 0 Å². The molecule has 0 amide bonds. The molecule has 0 saturated carbocycles. The van der Waals surface area contributed by atoms with Gasteiger partial charge in [0.2, 0.25) is 0 Å². The second-order valence-electron chi connectivity index (χ2n) is 19.6. The maximum absolute atomic E-state index is 10.6. The third kappa shape index (κ3) is 12.8. The van der Waals surface area contributed by atoms with Gasteiger partial charge in [-0.25, -0.2) is 0 Å². The molecule has 9 heteroatoms. The number of pyridine rings is 2. The van der Waals surface area contributed by atoms with Crippen LogP contribution in [0.1, 0.15) is 73.6 Å². The number of nitriles is 2. The largest absolute Gasteiger partial charge is 0.491 e. The van der Waals surface area contributed by atoms with Gasteiger partial charge >= 0.3 is 0 Å². The maximum Gasteiger partial charge on any atom is 0.145 e. The molecular formula is C64H68N6O3. The molecule has 73 heavy (non-hydrogen) atoms. The normalized spacial score (nSPS) is 16.2. The van der Waals surface area contributed by atoms with Crippen LogP contribution in [0.5, 0.6) is 11.5 Å². The molecule has 10 rings (SSSR count). The fraction of sp³-hybridized carbons (Fsp3) is 0.312. The highest BCUT2D eigenvalue weighted by atomic mass is 16.5. The van der Waals surface area contributed by atoms with Crippen LogP contribution < -0.4 is 9.47 Å². The topological polar surface area (TPSA) is 130 Å². The Kier molecular flexibility index (Phi) is 18.4. The number of para-hydroxylation sites is 2. The predicted molar refractivity (Wildman–Crippen MR) is 293 cm³/mol. The van der Waals surface area contributed by atoms with Gasteiger partial charge in [-0.15, -0.1) is 0 Å². The number of nitrogens with zero attached hydrogens (tertiary/aromatic N) is 6. The van der Waals surface area contributed by atoms with E-state index in [2.05, 4.69) is 105 Å². The Balaban J connectivity index is 0.000000192. The first kappa shape index (κ1) is 51.9. The molecule has 2 fully saturated rings. The third-order valence-electron chi connectivity index (χ3n) is 14.8. The van der Waals surface area contributed by atoms with Gasteiger partial charge in [-0.05, 0) is 123 Å². The fourth-order valence-corrected chi connectivity index (χ4v) is 11.3. The van der Waals surface area contributed by atoms with Crippen molar-refractivity contribution >= 4 is 21.8 Å². The molecule has 0 spiro atoms. The molecule has 2 aliphatic heterocycles. The summed E-state index contributed by atoms with van der Waals surface area (Å²) in [5.74, 6) is 2.66. The SMILES string of the molecule is N#CC(CC1CCCN(CCCOc2cccc3cccnc23)C1)(c1ccccc1)c1ccccc1.N#CC(CC1CCCN(CCCOc2cccc3cccnc23)C1)(c1ccccc1)c1ccccc1.O. The Bertz CT molecular complexity index is 2720. The van der Waals surface area contributed by atoms with Gasteiger partial charge in [0, 0.05) is 49.3 Å². The minimum Gasteiger partial charge on any atom is -0.491 e. The van der Waals surface area contributed by atoms with E-state index in [1.807, 2.05) is 122 Å². The van der Waals surface area contributed by atoms with Crippen LogP contribution in [0.15, 0.2) is 194 Å². The van der Waals surface area contributed by atoms with E-state index < -0.39 is 10.8 Å². The molecule has 9 nitrogen and oxygen atoms in total. The van der Waals surface area contributed by atoms with Gasteiger partial charge in [0.1, 0.15) is 33.4 Å². The number of likely N-dealkylation sites (tertiary alicyclic amines) is 2. The lowest BCUT2D eigenvalue weighted by Gasteiger charge is -2.37. The van der Waals surface area contributed by atoms with Crippen molar-refractivity contribution in [2.24, 2.45) is 11.8 Å². The van der Waals surface area contributed by atoms with E-state index in [0.717, 1.165) is 133 Å². The van der Waals surface area contributed by atoms with Crippen molar-refractivity contribution < 1.29 is 14.9 Å². The highest BCUT2D eigenvalue weighted by Crippen LogP contribution is 2.42. The zero-order valence-electron chi connectivity index (χ0n) is 41.9. The minimum atomic E-state index is -0.624. The Morgan fingerprint density at radius 2 is 0.822 bits per heavy atom. The van der Waals surface area contributed by atoms with Gasteiger partial charge in [-0.2, -0.15) is 10.5 Å². The van der Waals surface area contributed by atoms with Crippen molar-refractivity contribution in [3.8, 4) is 23.6 Å². The summed E-state index contributed by atoms with van der Waals surface area (Å²) in [5.41, 5.74) is 4.96. The smallest absolute Gasteiger partial charge is 0.145 e. The monoisotopic (exact) mass is 969 g/mol. The van der Waals surface area contributed by atoms with E-state index in [1.54, 1.807) is 0 Å². The Hall–Kier alpha value is -7.40. The van der Waals surface area contributed by atoms with Crippen molar-refractivity contribution in [2.75, 3.05) is 52.5 Å². The maximum atomic E-state index is 10.6. The molecule has 0 bridgehead atoms. The number of aromatic nitrogens is 2. The van der Waals surface area contributed by atoms with Crippen molar-refractivity contribution in [1.82, 2.24) is 19.8 Å². The van der Waals surface area contributed by atoms with E-state index >= 15 is 0 Å². The van der Waals surface area contributed by atoms with Gasteiger partial charge in [0.25, 0.3) is 0 Å². The van der Waals surface area contributed by atoms with Crippen molar-refractivity contribution in [3.05, 3.63) is 217 Å². The molecule has 2 unspecified atom stereocenters. The lowest BCUT2D eigenvalue weighted by atomic mass is 9.69. The van der Waals surface area contributed by atoms with Crippen LogP contribution in [0.3, 0.4) is 0 Å². The molecule has 4 heterocycles. The summed E-state index contributed by atoms with van der Waals surface area (Å²) in [6.07, 6.45) is 11.9. The van der Waals surface area contributed by atoms with Gasteiger partial charge < -0.3 is 24.7 Å². The molecule has 6 aromatic carbocycles. The standard InChI is InChI=1S/2C32H33N3O.H2O/c2*33-25-32(28-14-3-1-4-15-28,29-16-5-2-6-17-29)23-26-11-9-20-35(24-26)21-10-22-36-30-18-7-12-27-13-8-19-34-31(27)30;/h2*1-8,12-19,26H,9-11,20-24H2;1H2. The van der Waals surface area contributed by atoms with Gasteiger partial charge in [-0.3, -0.25) is 9.97 Å². The number of ether oxygens (including phenoxy) is 2. The summed E-state index contributed by atoms with van der Waals surface area (Å²) in [6.45, 7) is 7.64. The van der Waals surface area contributed by atoms with E-state index in [4.69, 9.17) is 9.47 Å². The van der Waals surface area contributed by atoms with Crippen LogP contribution in [-0.4, -0.2) is 77.7 Å². The summed E-state index contributed by atoms with van der Waals surface area (Å²) in [5, 5.41) is 23.3. The quantitative estimate of drug-likeness (QED) is 0.0777. The molecule has 2 saturated heterocycles. The predicted octanol–water partition coefficient (Wildman–Crippen LogP) is 12.4. The van der Waals surface area contributed by atoms with Gasteiger partial charge in [0.05, 0.1) is 25.4 Å². The summed E-state index contributed by atoms with van der Waals surface area (Å²) in [6, 6.07) is 67.0. The number of hydrogen-bond donors (Lipinski definition) is 0. The molecule has 2 aliphatic rings. The third-order valence-corrected chi connectivity index (χ3v) is 14.8. The molecule has 2 atom stereocenters. The number of rotatable bonds is 18. The van der Waals surface area contributed by atoms with Crippen LogP contribution in [0.2, 0.25) is 0 Å².